The predicted molar refractivity (Wildman–Crippen MR) is 539 cm³/mol. The molecule has 8 amide bonds. The fraction of sp³-hybridized carbons (Fsp3) is 0.857. The van der Waals surface area contributed by atoms with Crippen LogP contribution in [0.4, 0.5) is 38.4 Å². The number of amides is 8. The van der Waals surface area contributed by atoms with E-state index in [1.807, 2.05) is 88.0 Å². The van der Waals surface area contributed by atoms with Crippen molar-refractivity contribution in [2.75, 3.05) is 106 Å². The molecule has 42 nitrogen and oxygen atoms in total. The van der Waals surface area contributed by atoms with Crippen LogP contribution in [0.3, 0.4) is 0 Å². The lowest BCUT2D eigenvalue weighted by molar-refractivity contribution is -0.179. The van der Waals surface area contributed by atoms with Crippen LogP contribution in [0.2, 0.25) is 0 Å². The van der Waals surface area contributed by atoms with E-state index in [0.717, 1.165) is 94.8 Å². The highest BCUT2D eigenvalue weighted by Crippen LogP contribution is 2.61. The van der Waals surface area contributed by atoms with Crippen LogP contribution in [0.25, 0.3) is 0 Å². The zero-order chi connectivity index (χ0) is 111. The van der Waals surface area contributed by atoms with Crippen molar-refractivity contribution in [3.05, 3.63) is 0 Å². The van der Waals surface area contributed by atoms with Crippen LogP contribution in [-0.2, 0) is 99.9 Å². The van der Waals surface area contributed by atoms with Gasteiger partial charge in [-0.25, -0.2) is 43.2 Å². The Hall–Kier alpha value is -9.55. The van der Waals surface area contributed by atoms with Crippen molar-refractivity contribution in [1.82, 2.24) is 44.9 Å². The minimum absolute atomic E-state index is 0.0159. The molecule has 844 valence electrons. The summed E-state index contributed by atoms with van der Waals surface area (Å²) in [7, 11) is 2.96. The third-order valence-electron chi connectivity index (χ3n) is 26.4. The van der Waals surface area contributed by atoms with Gasteiger partial charge >= 0.3 is 78.6 Å². The molecule has 42 heteroatoms. The molecule has 6 atom stereocenters. The lowest BCUT2D eigenvalue weighted by Crippen LogP contribution is -2.55. The molecule has 6 unspecified atom stereocenters. The van der Waals surface area contributed by atoms with Gasteiger partial charge in [0.05, 0.1) is 56.3 Å². The molecule has 0 radical (unpaired) electrons. The number of fused-ring (bicyclic) bond motifs is 2. The van der Waals surface area contributed by atoms with Crippen molar-refractivity contribution in [2.24, 2.45) is 40.9 Å². The number of alkyl carbamates (subject to hydrolysis) is 2. The zero-order valence-corrected chi connectivity index (χ0v) is 92.9. The highest BCUT2D eigenvalue weighted by Gasteiger charge is 2.57. The van der Waals surface area contributed by atoms with Gasteiger partial charge < -0.3 is 117 Å². The van der Waals surface area contributed by atoms with E-state index >= 15 is 0 Å². The van der Waals surface area contributed by atoms with Gasteiger partial charge in [-0.05, 0) is 325 Å². The number of rotatable bonds is 18. The molecule has 0 spiro atoms. The minimum Gasteiger partial charge on any atom is -0.481 e. The second-order valence-electron chi connectivity index (χ2n) is 48.1. The Labute approximate surface area is 870 Å². The number of nitrogens with one attached hydrogen (secondary N) is 2. The number of aliphatic hydroxyl groups is 3. The number of carbonyl (C=O) groups excluding carboxylic acids is 14. The summed E-state index contributed by atoms with van der Waals surface area (Å²) in [6.45, 7) is 51.7. The van der Waals surface area contributed by atoms with Crippen LogP contribution < -0.4 is 10.6 Å². The molecule has 7 saturated heterocycles. The van der Waals surface area contributed by atoms with Crippen LogP contribution in [0.15, 0.2) is 0 Å². The van der Waals surface area contributed by atoms with Gasteiger partial charge in [-0.3, -0.25) is 43.5 Å². The molecule has 6 aliphatic carbocycles. The molecule has 0 aromatic heterocycles. The number of likely N-dealkylation sites (N-methyl/N-ethyl adjacent to an activating group) is 1. The number of piperidine rings is 5. The summed E-state index contributed by atoms with van der Waals surface area (Å²) in [6, 6.07) is 0.120. The summed E-state index contributed by atoms with van der Waals surface area (Å²) in [5.41, 5.74) is -5.11. The van der Waals surface area contributed by atoms with Gasteiger partial charge in [-0.15, -0.1) is 0 Å². The Kier molecular flexibility index (Phi) is 50.1. The average Bonchev–Trinajstić information content (AvgIpc) is 1.41. The molecule has 0 aromatic rings. The predicted octanol–water partition coefficient (Wildman–Crippen LogP) is 15.1. The summed E-state index contributed by atoms with van der Waals surface area (Å²) in [6.07, 6.45) is 16.7. The first kappa shape index (κ1) is 128. The first-order valence-electron chi connectivity index (χ1n) is 52.7. The number of esters is 4. The summed E-state index contributed by atoms with van der Waals surface area (Å²) in [4.78, 5) is 185. The second-order valence-corrected chi connectivity index (χ2v) is 48.1. The van der Waals surface area contributed by atoms with Crippen LogP contribution in [-0.4, -0.2) is 345 Å². The van der Waals surface area contributed by atoms with Gasteiger partial charge in [0.15, 0.2) is 6.23 Å². The van der Waals surface area contributed by atoms with E-state index in [1.165, 1.54) is 46.0 Å². The van der Waals surface area contributed by atoms with Crippen LogP contribution in [0, 0.1) is 40.9 Å². The van der Waals surface area contributed by atoms with E-state index in [2.05, 4.69) is 15.4 Å². The summed E-state index contributed by atoms with van der Waals surface area (Å²) < 4.78 is 72.9. The SMILES string of the molecule is CC(C)(C)OC(=O)N1CC(OC=O)CC(C(O)N2CCOCC2)C1.CC(C)(C)OC(=O)N1CC2CC(C1)C(=O)OC2=O.CC(C)(C)OC(=O)N1CCC(O)CC1.CC(C)(C)OC(=O)N1CCCCC1OC=O.CC(C)(C)OC(=O)NC1CCC(OC(=O)C23CC4CC(CC(C4)C2)C3)CC1.CC(C)(C)OC(=O)NCCCCC(=O)O.CCC(C)(C)OC(=O)N1CCC(O)CC1.COC(=O)C1(N(C)C(=O)OC(C)(C)C)CCCC1. The quantitative estimate of drug-likeness (QED) is 0.0244. The number of carbonyl (C=O) groups is 15. The Morgan fingerprint density at radius 1 is 0.476 bits per heavy atom. The van der Waals surface area contributed by atoms with E-state index < -0.39 is 129 Å². The number of carboxylic acid groups (broad SMARTS) is 1. The minimum atomic E-state index is -0.850. The van der Waals surface area contributed by atoms with Crippen LogP contribution in [0.5, 0.6) is 0 Å². The number of aliphatic hydroxyl groups excluding tert-OH is 3. The van der Waals surface area contributed by atoms with Gasteiger partial charge in [-0.1, -0.05) is 19.8 Å². The third-order valence-corrected chi connectivity index (χ3v) is 26.4. The molecule has 7 aliphatic heterocycles. The number of nitrogens with zero attached hydrogens (tertiary/aromatic N) is 7. The van der Waals surface area contributed by atoms with Crippen molar-refractivity contribution in [1.29, 1.82) is 0 Å². The molecule has 6 saturated carbocycles. The highest BCUT2D eigenvalue weighted by atomic mass is 16.6. The first-order valence-corrected chi connectivity index (χ1v) is 52.7. The molecule has 13 fully saturated rings. The van der Waals surface area contributed by atoms with Gasteiger partial charge in [0.2, 0.25) is 0 Å². The van der Waals surface area contributed by atoms with E-state index in [9.17, 15) is 87.2 Å². The Morgan fingerprint density at radius 2 is 0.912 bits per heavy atom. The molecule has 7 heterocycles. The number of ether oxygens (including phenoxy) is 14. The van der Waals surface area contributed by atoms with Crippen molar-refractivity contribution in [2.45, 2.75) is 433 Å². The molecular formula is C105H181N9O33. The number of unbranched alkanes of at least 4 members (excludes halogenated alkanes) is 1. The maximum Gasteiger partial charge on any atom is 0.413 e. The standard InChI is InChI=1S/C22H35NO4.C16H28N2O6.C13H23NO4.C12H17NO5.C11H19NO4.C11H21NO3.C10H19NO4.C10H19NO3/c1-21(2,3)27-20(25)23-17-4-6-18(7-5-17)26-19(24)22-11-14-8-15(12-22)10-16(9-14)13-22;1-16(2,3)24-15(21)18-9-12(8-13(10-18)23-11-19)14(20)17-4-6-22-7-5-17;1-12(2,3)18-11(16)14(4)13(10(15)17-5)8-6-7-9-13;1-12(2,3)18-11(16)13-5-7-4-8(6-13)10(15)17-9(7)14;1-11(2,3)16-10(14)12-7-5-4-6-9(12)15-8-13;1-4-11(2,3)15-10(14)12-7-5-9(13)6-8-12;1-10(2,3)15-9(14)11-7-5-4-6-8(12)13;1-10(2,3)14-9(13)11-6-4-8(12)5-7-11/h14-18H,4-13H2,1-3H3,(H,23,25);11-14,20H,4-10H2,1-3H3;6-9H2,1-5H3;7-8H,4-6H2,1-3H3;8-9H,4-7H2,1-3H3;9,13H,4-8H2,1-3H3;4-7H2,1-3H3,(H,11,14)(H,12,13);8,12H,4-7H2,1-3H3. The maximum absolute atomic E-state index is 13.1. The molecule has 13 rings (SSSR count). The fourth-order valence-corrected chi connectivity index (χ4v) is 19.4. The topological polar surface area (TPSA) is 513 Å². The number of morpholine rings is 1. The van der Waals surface area contributed by atoms with Crippen LogP contribution in [0.1, 0.15) is 340 Å². The Balaban J connectivity index is 0.000000299. The molecule has 6 N–H and O–H groups in total. The lowest BCUT2D eigenvalue weighted by atomic mass is 9.49. The molecule has 13 aliphatic rings. The smallest absolute Gasteiger partial charge is 0.413 e. The Morgan fingerprint density at radius 3 is 1.35 bits per heavy atom. The van der Waals surface area contributed by atoms with Crippen molar-refractivity contribution in [3.8, 4) is 0 Å². The number of cyclic esters (lactones) is 2. The average molecular weight is 2100 g/mol. The zero-order valence-electron chi connectivity index (χ0n) is 92.9. The first-order chi connectivity index (χ1) is 68.1. The van der Waals surface area contributed by atoms with Gasteiger partial charge in [0.25, 0.3) is 12.9 Å². The third kappa shape index (κ3) is 47.3. The van der Waals surface area contributed by atoms with Crippen LogP contribution >= 0.6 is 0 Å². The highest BCUT2D eigenvalue weighted by molar-refractivity contribution is 5.92. The molecule has 0 aromatic carbocycles. The van der Waals surface area contributed by atoms with Gasteiger partial charge in [-0.2, -0.15) is 0 Å². The molecule has 147 heavy (non-hydrogen) atoms. The van der Waals surface area contributed by atoms with E-state index in [0.29, 0.717) is 156 Å². The van der Waals surface area contributed by atoms with E-state index in [4.69, 9.17) is 66.7 Å². The normalized spacial score (nSPS) is 24.8. The molecular weight excluding hydrogens is 1920 g/mol. The van der Waals surface area contributed by atoms with Crippen molar-refractivity contribution >= 4 is 91.5 Å². The number of carboxylic acids is 1. The second kappa shape index (κ2) is 57.6. The van der Waals surface area contributed by atoms with E-state index in [-0.39, 0.29) is 92.0 Å². The summed E-state index contributed by atoms with van der Waals surface area (Å²) in [5.74, 6) is -0.898. The maximum atomic E-state index is 13.1. The fourth-order valence-electron chi connectivity index (χ4n) is 19.4. The van der Waals surface area contributed by atoms with Gasteiger partial charge in [0.1, 0.15) is 68.8 Å². The van der Waals surface area contributed by atoms with Crippen molar-refractivity contribution in [3.63, 3.8) is 0 Å². The van der Waals surface area contributed by atoms with Crippen molar-refractivity contribution < 1.29 is 159 Å². The summed E-state index contributed by atoms with van der Waals surface area (Å²) >= 11 is 0. The number of methoxy groups -OCH3 is 1. The van der Waals surface area contributed by atoms with E-state index in [1.54, 1.807) is 99.9 Å². The van der Waals surface area contributed by atoms with Gasteiger partial charge in [0, 0.05) is 104 Å². The molecule has 6 bridgehead atoms. The summed E-state index contributed by atoms with van der Waals surface area (Å²) in [5, 5.41) is 43.1. The number of likely N-dealkylation sites (tertiary alicyclic amines) is 5. The number of hydrogen-bond donors (Lipinski definition) is 6. The largest absolute Gasteiger partial charge is 0.481 e. The number of aliphatic carboxylic acids is 1. The lowest BCUT2D eigenvalue weighted by Gasteiger charge is -2.55. The monoisotopic (exact) mass is 2100 g/mol. The Bertz CT molecular complexity index is 4120. The number of hydrogen-bond acceptors (Lipinski definition) is 33.